The molecule has 7 heteroatoms. The van der Waals surface area contributed by atoms with E-state index in [4.69, 9.17) is 4.74 Å². The van der Waals surface area contributed by atoms with E-state index in [1.54, 1.807) is 28.4 Å². The molecule has 31 heavy (non-hydrogen) atoms. The number of ether oxygens (including phenoxy) is 1. The molecule has 1 atom stereocenters. The van der Waals surface area contributed by atoms with E-state index in [2.05, 4.69) is 11.4 Å². The second-order valence-corrected chi connectivity index (χ2v) is 9.85. The van der Waals surface area contributed by atoms with Crippen LogP contribution in [0.2, 0.25) is 0 Å². The Morgan fingerprint density at radius 3 is 2.61 bits per heavy atom. The summed E-state index contributed by atoms with van der Waals surface area (Å²) in [6.07, 6.45) is 5.02. The summed E-state index contributed by atoms with van der Waals surface area (Å²) in [5.74, 6) is 1.08. The van der Waals surface area contributed by atoms with E-state index in [1.165, 1.54) is 17.0 Å². The number of nitrogens with zero attached hydrogens (tertiary/aromatic N) is 2. The maximum Gasteiger partial charge on any atom is 0.242 e. The molecule has 0 spiro atoms. The van der Waals surface area contributed by atoms with Gasteiger partial charge in [-0.05, 0) is 79.3 Å². The molecular weight excluding hydrogens is 415 g/mol. The molecule has 5 rings (SSSR count). The van der Waals surface area contributed by atoms with Gasteiger partial charge in [-0.15, -0.1) is 11.3 Å². The standard InChI is InChI=1S/C24H27FN2O3S/c25-18-5-7-19(8-6-18)30-15-21-20-10-12-31-22(20)9-11-27(21)23(28)14-26(13-16-1-2-16)24(29)17-3-4-17/h5-8,10,12,16-17,21H,1-4,9,11,13-15H2/t21-/m0/s1. The highest BCUT2D eigenvalue weighted by molar-refractivity contribution is 7.10. The van der Waals surface area contributed by atoms with E-state index in [0.29, 0.717) is 31.4 Å². The molecule has 1 aromatic heterocycles. The van der Waals surface area contributed by atoms with Crippen molar-refractivity contribution in [3.05, 3.63) is 52.0 Å². The molecule has 0 unspecified atom stereocenters. The number of hydrogen-bond acceptors (Lipinski definition) is 4. The van der Waals surface area contributed by atoms with Crippen molar-refractivity contribution in [1.82, 2.24) is 9.80 Å². The first-order chi connectivity index (χ1) is 15.1. The molecule has 1 aliphatic heterocycles. The van der Waals surface area contributed by atoms with E-state index >= 15 is 0 Å². The van der Waals surface area contributed by atoms with Gasteiger partial charge in [0.1, 0.15) is 18.2 Å². The number of hydrogen-bond donors (Lipinski definition) is 0. The number of amides is 2. The van der Waals surface area contributed by atoms with Crippen LogP contribution in [0.15, 0.2) is 35.7 Å². The predicted octanol–water partition coefficient (Wildman–Crippen LogP) is 4.04. The molecule has 3 aliphatic rings. The summed E-state index contributed by atoms with van der Waals surface area (Å²) >= 11 is 1.71. The lowest BCUT2D eigenvalue weighted by Crippen LogP contribution is -2.48. The topological polar surface area (TPSA) is 49.9 Å². The minimum Gasteiger partial charge on any atom is -0.491 e. The van der Waals surface area contributed by atoms with Crippen LogP contribution >= 0.6 is 11.3 Å². The van der Waals surface area contributed by atoms with E-state index in [9.17, 15) is 14.0 Å². The van der Waals surface area contributed by atoms with Gasteiger partial charge in [0.15, 0.2) is 0 Å². The lowest BCUT2D eigenvalue weighted by atomic mass is 10.0. The third-order valence-corrected chi connectivity index (χ3v) is 7.37. The van der Waals surface area contributed by atoms with Crippen LogP contribution < -0.4 is 4.74 Å². The van der Waals surface area contributed by atoms with Gasteiger partial charge < -0.3 is 14.5 Å². The Hall–Kier alpha value is -2.41. The van der Waals surface area contributed by atoms with Gasteiger partial charge in [0.05, 0.1) is 12.6 Å². The Labute approximate surface area is 185 Å². The Morgan fingerprint density at radius 2 is 1.90 bits per heavy atom. The zero-order valence-electron chi connectivity index (χ0n) is 17.5. The van der Waals surface area contributed by atoms with Gasteiger partial charge in [-0.3, -0.25) is 9.59 Å². The lowest BCUT2D eigenvalue weighted by Gasteiger charge is -2.37. The number of thiophene rings is 1. The third-order valence-electron chi connectivity index (χ3n) is 6.38. The average Bonchev–Trinajstić information content (AvgIpc) is 3.70. The predicted molar refractivity (Wildman–Crippen MR) is 116 cm³/mol. The molecule has 0 radical (unpaired) electrons. The van der Waals surface area contributed by atoms with E-state index in [0.717, 1.165) is 37.7 Å². The molecule has 164 valence electrons. The average molecular weight is 443 g/mol. The summed E-state index contributed by atoms with van der Waals surface area (Å²) in [5.41, 5.74) is 1.12. The lowest BCUT2D eigenvalue weighted by molar-refractivity contribution is -0.143. The molecule has 0 bridgehead atoms. The van der Waals surface area contributed by atoms with E-state index in [-0.39, 0.29) is 36.1 Å². The largest absolute Gasteiger partial charge is 0.491 e. The van der Waals surface area contributed by atoms with Crippen molar-refractivity contribution < 1.29 is 18.7 Å². The van der Waals surface area contributed by atoms with Crippen molar-refractivity contribution in [2.24, 2.45) is 11.8 Å². The number of halogens is 1. The Morgan fingerprint density at radius 1 is 1.13 bits per heavy atom. The summed E-state index contributed by atoms with van der Waals surface area (Å²) in [6.45, 7) is 1.78. The van der Waals surface area contributed by atoms with Crippen molar-refractivity contribution in [1.29, 1.82) is 0 Å². The maximum absolute atomic E-state index is 13.4. The number of carbonyl (C=O) groups is 2. The van der Waals surface area contributed by atoms with Gasteiger partial charge in [-0.25, -0.2) is 4.39 Å². The molecule has 2 saturated carbocycles. The number of carbonyl (C=O) groups excluding carboxylic acids is 2. The Kier molecular flexibility index (Phi) is 5.69. The summed E-state index contributed by atoms with van der Waals surface area (Å²) in [7, 11) is 0. The van der Waals surface area contributed by atoms with Gasteiger partial charge >= 0.3 is 0 Å². The SMILES string of the molecule is O=C(C1CC1)N(CC(=O)N1CCc2sccc2[C@@H]1COc1ccc(F)cc1)CC1CC1. The van der Waals surface area contributed by atoms with Gasteiger partial charge in [-0.1, -0.05) is 0 Å². The number of benzene rings is 1. The highest BCUT2D eigenvalue weighted by Gasteiger charge is 2.39. The molecule has 5 nitrogen and oxygen atoms in total. The van der Waals surface area contributed by atoms with Gasteiger partial charge in [0.2, 0.25) is 11.8 Å². The number of fused-ring (bicyclic) bond motifs is 1. The van der Waals surface area contributed by atoms with Crippen LogP contribution in [0, 0.1) is 17.7 Å². The van der Waals surface area contributed by atoms with Crippen molar-refractivity contribution in [3.63, 3.8) is 0 Å². The zero-order chi connectivity index (χ0) is 21.4. The third kappa shape index (κ3) is 4.76. The van der Waals surface area contributed by atoms with E-state index < -0.39 is 0 Å². The summed E-state index contributed by atoms with van der Waals surface area (Å²) in [5, 5.41) is 2.06. The Balaban J connectivity index is 1.31. The van der Waals surface area contributed by atoms with Crippen molar-refractivity contribution in [3.8, 4) is 5.75 Å². The first-order valence-electron chi connectivity index (χ1n) is 11.1. The fourth-order valence-corrected chi connectivity index (χ4v) is 5.20. The van der Waals surface area contributed by atoms with Crippen molar-refractivity contribution in [2.75, 3.05) is 26.2 Å². The van der Waals surface area contributed by atoms with Crippen LogP contribution in [0.4, 0.5) is 4.39 Å². The second kappa shape index (κ2) is 8.61. The smallest absolute Gasteiger partial charge is 0.242 e. The fourth-order valence-electron chi connectivity index (χ4n) is 4.27. The molecular formula is C24H27FN2O3S. The summed E-state index contributed by atoms with van der Waals surface area (Å²) in [4.78, 5) is 31.1. The summed E-state index contributed by atoms with van der Waals surface area (Å²) in [6, 6.07) is 7.80. The van der Waals surface area contributed by atoms with Crippen molar-refractivity contribution >= 4 is 23.2 Å². The van der Waals surface area contributed by atoms with Crippen LogP contribution in [0.1, 0.15) is 42.2 Å². The van der Waals surface area contributed by atoms with Gasteiger partial charge in [-0.2, -0.15) is 0 Å². The van der Waals surface area contributed by atoms with Crippen molar-refractivity contribution in [2.45, 2.75) is 38.1 Å². The quantitative estimate of drug-likeness (QED) is 0.620. The molecule has 2 aliphatic carbocycles. The normalized spacial score (nSPS) is 20.3. The van der Waals surface area contributed by atoms with Crippen LogP contribution in [0.5, 0.6) is 5.75 Å². The maximum atomic E-state index is 13.4. The number of rotatable bonds is 8. The summed E-state index contributed by atoms with van der Waals surface area (Å²) < 4.78 is 19.2. The first-order valence-corrected chi connectivity index (χ1v) is 12.0. The van der Waals surface area contributed by atoms with Crippen LogP contribution in [0.3, 0.4) is 0 Å². The van der Waals surface area contributed by atoms with Crippen LogP contribution in [-0.2, 0) is 16.0 Å². The molecule has 0 saturated heterocycles. The minimum atomic E-state index is -0.307. The monoisotopic (exact) mass is 442 g/mol. The molecule has 2 fully saturated rings. The van der Waals surface area contributed by atoms with Crippen LogP contribution in [-0.4, -0.2) is 47.9 Å². The highest BCUT2D eigenvalue weighted by atomic mass is 32.1. The molecule has 2 aromatic rings. The first kappa shape index (κ1) is 20.5. The zero-order valence-corrected chi connectivity index (χ0v) is 18.3. The van der Waals surface area contributed by atoms with Crippen LogP contribution in [0.25, 0.3) is 0 Å². The molecule has 1 aromatic carbocycles. The fraction of sp³-hybridized carbons (Fsp3) is 0.500. The molecule has 2 heterocycles. The van der Waals surface area contributed by atoms with E-state index in [1.807, 2.05) is 4.90 Å². The molecule has 2 amide bonds. The minimum absolute atomic E-state index is 0.0146. The van der Waals surface area contributed by atoms with Gasteiger partial charge in [0.25, 0.3) is 0 Å². The molecule has 0 N–H and O–H groups in total. The second-order valence-electron chi connectivity index (χ2n) is 8.85. The highest BCUT2D eigenvalue weighted by Crippen LogP contribution is 2.36. The Bertz CT molecular complexity index is 952. The van der Waals surface area contributed by atoms with Gasteiger partial charge in [0, 0.05) is 23.9 Å².